The molecule has 6 nitrogen and oxygen atoms in total. The van der Waals surface area contributed by atoms with E-state index in [1.807, 2.05) is 0 Å². The van der Waals surface area contributed by atoms with E-state index in [9.17, 15) is 22.4 Å². The molecule has 30 heavy (non-hydrogen) atoms. The average Bonchev–Trinajstić information content (AvgIpc) is 3.12. The van der Waals surface area contributed by atoms with Gasteiger partial charge in [0.05, 0.1) is 27.9 Å². The van der Waals surface area contributed by atoms with Gasteiger partial charge in [0.1, 0.15) is 11.5 Å². The van der Waals surface area contributed by atoms with Crippen molar-refractivity contribution in [2.45, 2.75) is 32.0 Å². The number of amides is 1. The van der Waals surface area contributed by atoms with Crippen molar-refractivity contribution < 1.29 is 22.4 Å². The van der Waals surface area contributed by atoms with Gasteiger partial charge in [-0.3, -0.25) is 4.79 Å². The summed E-state index contributed by atoms with van der Waals surface area (Å²) in [5, 5.41) is 7.43. The zero-order valence-electron chi connectivity index (χ0n) is 15.5. The number of aliphatic imine (C=N–C) groups is 1. The molecule has 0 aliphatic carbocycles. The molecule has 1 aromatic heterocycles. The highest BCUT2D eigenvalue weighted by molar-refractivity contribution is 6.34. The number of halogens is 5. The summed E-state index contributed by atoms with van der Waals surface area (Å²) in [7, 11) is 0. The minimum atomic E-state index is -4.68. The highest BCUT2D eigenvalue weighted by Gasteiger charge is 2.37. The van der Waals surface area contributed by atoms with Gasteiger partial charge in [-0.25, -0.2) is 4.99 Å². The van der Waals surface area contributed by atoms with Crippen LogP contribution in [0.3, 0.4) is 0 Å². The third kappa shape index (κ3) is 3.41. The Labute approximate surface area is 173 Å². The van der Waals surface area contributed by atoms with E-state index in [0.717, 1.165) is 12.1 Å². The van der Waals surface area contributed by atoms with Crippen LogP contribution >= 0.6 is 11.6 Å². The fourth-order valence-electron chi connectivity index (χ4n) is 3.35. The Hall–Kier alpha value is -3.01. The number of allylic oxidation sites excluding steroid dienone is 1. The van der Waals surface area contributed by atoms with Crippen LogP contribution in [0.4, 0.5) is 17.6 Å². The molecule has 156 valence electrons. The smallest absolute Gasteiger partial charge is 0.306 e. The van der Waals surface area contributed by atoms with Crippen LogP contribution in [-0.4, -0.2) is 31.6 Å². The molecule has 1 aromatic carbocycles. The summed E-state index contributed by atoms with van der Waals surface area (Å²) in [5.74, 6) is -0.940. The third-order valence-electron chi connectivity index (χ3n) is 4.87. The van der Waals surface area contributed by atoms with Crippen molar-refractivity contribution in [3.8, 4) is 0 Å². The van der Waals surface area contributed by atoms with Gasteiger partial charge in [0.2, 0.25) is 5.95 Å². The van der Waals surface area contributed by atoms with Crippen molar-refractivity contribution in [2.75, 3.05) is 0 Å². The molecule has 2 aliphatic heterocycles. The first-order chi connectivity index (χ1) is 14.2. The van der Waals surface area contributed by atoms with Crippen molar-refractivity contribution in [3.05, 3.63) is 64.0 Å². The van der Waals surface area contributed by atoms with Crippen molar-refractivity contribution in [2.24, 2.45) is 4.99 Å². The molecule has 0 spiro atoms. The first-order valence-electron chi connectivity index (χ1n) is 8.94. The summed E-state index contributed by atoms with van der Waals surface area (Å²) in [6.45, 7) is 1.66. The normalized spacial score (nSPS) is 18.7. The second-order valence-corrected chi connectivity index (χ2v) is 7.11. The summed E-state index contributed by atoms with van der Waals surface area (Å²) >= 11 is 5.89. The lowest BCUT2D eigenvalue weighted by atomic mass is 10.0. The number of alkyl halides is 3. The summed E-state index contributed by atoms with van der Waals surface area (Å²) in [6, 6.07) is 2.54. The highest BCUT2D eigenvalue weighted by atomic mass is 35.5. The van der Waals surface area contributed by atoms with E-state index >= 15 is 0 Å². The second-order valence-electron chi connectivity index (χ2n) is 6.73. The Morgan fingerprint density at radius 2 is 2.07 bits per heavy atom. The quantitative estimate of drug-likeness (QED) is 0.464. The largest absolute Gasteiger partial charge is 0.417 e. The second kappa shape index (κ2) is 7.35. The maximum absolute atomic E-state index is 13.5. The zero-order valence-corrected chi connectivity index (χ0v) is 16.2. The first kappa shape index (κ1) is 20.3. The van der Waals surface area contributed by atoms with E-state index in [2.05, 4.69) is 15.3 Å². The molecule has 0 N–H and O–H groups in total. The molecule has 2 aliphatic rings. The van der Waals surface area contributed by atoms with Crippen molar-refractivity contribution in [1.29, 1.82) is 0 Å². The van der Waals surface area contributed by atoms with Crippen molar-refractivity contribution in [1.82, 2.24) is 19.9 Å². The Morgan fingerprint density at radius 3 is 2.77 bits per heavy atom. The molecule has 0 saturated carbocycles. The van der Waals surface area contributed by atoms with Gasteiger partial charge in [0.15, 0.2) is 0 Å². The van der Waals surface area contributed by atoms with Crippen LogP contribution in [0.25, 0.3) is 6.08 Å². The van der Waals surface area contributed by atoms with Gasteiger partial charge in [-0.05, 0) is 37.6 Å². The minimum absolute atomic E-state index is 0.275. The van der Waals surface area contributed by atoms with Crippen molar-refractivity contribution in [3.63, 3.8) is 0 Å². The molecular weight excluding hydrogens is 426 g/mol. The van der Waals surface area contributed by atoms with Gasteiger partial charge >= 0.3 is 6.18 Å². The molecule has 1 atom stereocenters. The maximum Gasteiger partial charge on any atom is 0.417 e. The standard InChI is InChI=1S/C19H14ClF4N5O/c1-10-17-13(29(27-26-17)15-7-3-6-14(21)25-15)8-9-28(10)18(30)11-4-2-5-12(16(11)20)19(22,23)24/h2,4-6,8-10H,3,7H2,1H3. The summed E-state index contributed by atoms with van der Waals surface area (Å²) < 4.78 is 54.3. The molecule has 0 bridgehead atoms. The predicted octanol–water partition coefficient (Wildman–Crippen LogP) is 4.99. The summed E-state index contributed by atoms with van der Waals surface area (Å²) in [5.41, 5.74) is -0.426. The lowest BCUT2D eigenvalue weighted by Crippen LogP contribution is -2.32. The van der Waals surface area contributed by atoms with E-state index in [0.29, 0.717) is 30.1 Å². The van der Waals surface area contributed by atoms with Crippen LogP contribution in [0.2, 0.25) is 5.02 Å². The van der Waals surface area contributed by atoms with Crippen LogP contribution in [0, 0.1) is 0 Å². The number of nitrogens with zero attached hydrogens (tertiary/aromatic N) is 5. The lowest BCUT2D eigenvalue weighted by Gasteiger charge is -2.28. The number of hydrogen-bond acceptors (Lipinski definition) is 4. The van der Waals surface area contributed by atoms with Gasteiger partial charge in [0.25, 0.3) is 5.91 Å². The number of hydrogen-bond donors (Lipinski definition) is 0. The van der Waals surface area contributed by atoms with Gasteiger partial charge < -0.3 is 4.90 Å². The number of fused-ring (bicyclic) bond motifs is 1. The van der Waals surface area contributed by atoms with Gasteiger partial charge in [-0.15, -0.1) is 5.10 Å². The fourth-order valence-corrected chi connectivity index (χ4v) is 3.67. The Kier molecular flexibility index (Phi) is 4.97. The SMILES string of the molecule is CC1c2nnn(C3=NC(F)=CCC3)c2C=CN1C(=O)c1cccc(C(F)(F)F)c1Cl. The summed E-state index contributed by atoms with van der Waals surface area (Å²) in [4.78, 5) is 18.0. The number of benzene rings is 1. The van der Waals surface area contributed by atoms with E-state index in [4.69, 9.17) is 11.6 Å². The van der Waals surface area contributed by atoms with Gasteiger partial charge in [-0.1, -0.05) is 22.9 Å². The lowest BCUT2D eigenvalue weighted by molar-refractivity contribution is -0.137. The van der Waals surface area contributed by atoms with Crippen LogP contribution in [0.1, 0.15) is 53.1 Å². The maximum atomic E-state index is 13.5. The Bertz CT molecular complexity index is 1120. The Balaban J connectivity index is 1.67. The number of carbonyl (C=O) groups excluding carboxylic acids is 1. The minimum Gasteiger partial charge on any atom is -0.306 e. The molecule has 0 fully saturated rings. The van der Waals surface area contributed by atoms with Gasteiger partial charge in [0, 0.05) is 12.6 Å². The monoisotopic (exact) mass is 439 g/mol. The number of aromatic nitrogens is 3. The van der Waals surface area contributed by atoms with Gasteiger partial charge in [-0.2, -0.15) is 22.2 Å². The molecule has 3 heterocycles. The zero-order chi connectivity index (χ0) is 21.6. The average molecular weight is 440 g/mol. The van der Waals surface area contributed by atoms with E-state index in [1.165, 1.54) is 34.0 Å². The van der Waals surface area contributed by atoms with Crippen LogP contribution in [-0.2, 0) is 6.18 Å². The molecular formula is C19H14ClF4N5O. The van der Waals surface area contributed by atoms with Crippen LogP contribution < -0.4 is 0 Å². The van der Waals surface area contributed by atoms with E-state index < -0.39 is 34.7 Å². The molecule has 0 saturated heterocycles. The number of rotatable bonds is 1. The van der Waals surface area contributed by atoms with E-state index in [1.54, 1.807) is 6.92 Å². The molecule has 0 radical (unpaired) electrons. The predicted molar refractivity (Wildman–Crippen MR) is 101 cm³/mol. The molecule has 1 unspecified atom stereocenters. The first-order valence-corrected chi connectivity index (χ1v) is 9.32. The molecule has 4 rings (SSSR count). The highest BCUT2D eigenvalue weighted by Crippen LogP contribution is 2.38. The fraction of sp³-hybridized carbons (Fsp3) is 0.263. The van der Waals surface area contributed by atoms with Crippen molar-refractivity contribution >= 4 is 29.4 Å². The molecule has 2 aromatic rings. The van der Waals surface area contributed by atoms with E-state index in [-0.39, 0.29) is 5.56 Å². The Morgan fingerprint density at radius 1 is 1.30 bits per heavy atom. The summed E-state index contributed by atoms with van der Waals surface area (Å²) in [6.07, 6.45) is 0.571. The molecule has 1 amide bonds. The number of carbonyl (C=O) groups is 1. The van der Waals surface area contributed by atoms with Crippen LogP contribution in [0.15, 0.2) is 41.4 Å². The third-order valence-corrected chi connectivity index (χ3v) is 5.28. The topological polar surface area (TPSA) is 63.4 Å². The molecule has 11 heteroatoms. The van der Waals surface area contributed by atoms with Crippen LogP contribution in [0.5, 0.6) is 0 Å².